The van der Waals surface area contributed by atoms with Gasteiger partial charge in [0, 0.05) is 0 Å². The Kier molecular flexibility index (Phi) is 4.20. The maximum Gasteiger partial charge on any atom is 0.333 e. The molecule has 0 aliphatic heterocycles. The summed E-state index contributed by atoms with van der Waals surface area (Å²) in [6.45, 7) is 2.11. The normalized spacial score (nSPS) is 12.5. The average molecular weight is 218 g/mol. The van der Waals surface area contributed by atoms with Crippen molar-refractivity contribution in [3.05, 3.63) is 11.7 Å². The third kappa shape index (κ3) is 3.33. The molecule has 0 saturated heterocycles. The zero-order chi connectivity index (χ0) is 9.68. The van der Waals surface area contributed by atoms with E-state index in [2.05, 4.69) is 4.98 Å². The molecule has 13 heavy (non-hydrogen) atoms. The van der Waals surface area contributed by atoms with Gasteiger partial charge in [0.2, 0.25) is 0 Å². The van der Waals surface area contributed by atoms with Gasteiger partial charge in [-0.15, -0.1) is 11.3 Å². The van der Waals surface area contributed by atoms with Gasteiger partial charge in [0.15, 0.2) is 5.37 Å². The van der Waals surface area contributed by atoms with E-state index >= 15 is 0 Å². The minimum absolute atomic E-state index is 0.357. The Morgan fingerprint density at radius 3 is 3.23 bits per heavy atom. The number of ether oxygens (including phenoxy) is 1. The molecule has 2 N–H and O–H groups in total. The van der Waals surface area contributed by atoms with E-state index in [-0.39, 0.29) is 5.97 Å². The largest absolute Gasteiger partial charge is 0.464 e. The van der Waals surface area contributed by atoms with E-state index in [4.69, 9.17) is 10.5 Å². The number of rotatable bonds is 4. The van der Waals surface area contributed by atoms with E-state index in [1.807, 2.05) is 0 Å². The Morgan fingerprint density at radius 1 is 1.92 bits per heavy atom. The number of aromatic nitrogens is 1. The molecule has 1 aromatic rings. The molecule has 6 heteroatoms. The molecule has 1 unspecified atom stereocenters. The minimum Gasteiger partial charge on any atom is -0.464 e. The molecule has 0 aliphatic carbocycles. The summed E-state index contributed by atoms with van der Waals surface area (Å²) < 4.78 is 5.67. The molecular formula is C7H10N2O2S2. The molecule has 1 rings (SSSR count). The highest BCUT2D eigenvalue weighted by Gasteiger charge is 2.16. The van der Waals surface area contributed by atoms with Crippen LogP contribution in [0.25, 0.3) is 0 Å². The lowest BCUT2D eigenvalue weighted by atomic mass is 10.7. The number of thiazole rings is 1. The van der Waals surface area contributed by atoms with Crippen LogP contribution in [-0.2, 0) is 9.53 Å². The molecule has 0 aromatic carbocycles. The molecule has 0 aliphatic rings. The number of esters is 1. The van der Waals surface area contributed by atoms with Crippen LogP contribution in [0.5, 0.6) is 0 Å². The second-order valence-corrected chi connectivity index (χ2v) is 4.44. The molecule has 4 nitrogen and oxygen atoms in total. The zero-order valence-electron chi connectivity index (χ0n) is 7.10. The van der Waals surface area contributed by atoms with Crippen molar-refractivity contribution >= 4 is 29.1 Å². The highest BCUT2D eigenvalue weighted by atomic mass is 32.2. The highest BCUT2D eigenvalue weighted by molar-refractivity contribution is 8.02. The maximum absolute atomic E-state index is 11.1. The predicted octanol–water partition coefficient (Wildman–Crippen LogP) is 1.08. The molecule has 72 valence electrons. The van der Waals surface area contributed by atoms with Gasteiger partial charge >= 0.3 is 5.97 Å². The topological polar surface area (TPSA) is 65.2 Å². The summed E-state index contributed by atoms with van der Waals surface area (Å²) in [6.07, 6.45) is 1.68. The van der Waals surface area contributed by atoms with Crippen molar-refractivity contribution in [1.82, 2.24) is 4.98 Å². The highest BCUT2D eigenvalue weighted by Crippen LogP contribution is 2.24. The van der Waals surface area contributed by atoms with Gasteiger partial charge < -0.3 is 10.5 Å². The first-order chi connectivity index (χ1) is 6.24. The summed E-state index contributed by atoms with van der Waals surface area (Å²) in [5.74, 6) is -0.388. The first-order valence-corrected chi connectivity index (χ1v) is 5.47. The van der Waals surface area contributed by atoms with Gasteiger partial charge in [0.05, 0.1) is 22.5 Å². The van der Waals surface area contributed by atoms with E-state index in [1.165, 1.54) is 23.1 Å². The Bertz CT molecular complexity index is 263. The van der Waals surface area contributed by atoms with Crippen molar-refractivity contribution in [1.29, 1.82) is 0 Å². The first-order valence-electron chi connectivity index (χ1n) is 3.71. The Balaban J connectivity index is 2.41. The van der Waals surface area contributed by atoms with Crippen LogP contribution in [0.2, 0.25) is 0 Å². The van der Waals surface area contributed by atoms with E-state index in [0.717, 1.165) is 4.21 Å². The lowest BCUT2D eigenvalue weighted by Gasteiger charge is -2.07. The number of carbonyl (C=O) groups is 1. The van der Waals surface area contributed by atoms with Crippen molar-refractivity contribution < 1.29 is 9.53 Å². The lowest BCUT2D eigenvalue weighted by molar-refractivity contribution is -0.142. The quantitative estimate of drug-likeness (QED) is 0.465. The minimum atomic E-state index is -0.652. The predicted molar refractivity (Wildman–Crippen MR) is 52.6 cm³/mol. The van der Waals surface area contributed by atoms with Crippen LogP contribution < -0.4 is 5.73 Å². The molecular weight excluding hydrogens is 208 g/mol. The third-order valence-electron chi connectivity index (χ3n) is 1.17. The fourth-order valence-corrected chi connectivity index (χ4v) is 2.21. The van der Waals surface area contributed by atoms with Crippen LogP contribution in [0.1, 0.15) is 6.92 Å². The molecule has 1 atom stereocenters. The summed E-state index contributed by atoms with van der Waals surface area (Å²) in [6, 6.07) is 0. The zero-order valence-corrected chi connectivity index (χ0v) is 8.73. The van der Waals surface area contributed by atoms with Gasteiger partial charge in [-0.25, -0.2) is 4.79 Å². The van der Waals surface area contributed by atoms with Crippen molar-refractivity contribution in [2.75, 3.05) is 6.61 Å². The molecule has 0 spiro atoms. The summed E-state index contributed by atoms with van der Waals surface area (Å²) >= 11 is 2.71. The van der Waals surface area contributed by atoms with Gasteiger partial charge in [-0.05, 0) is 6.92 Å². The molecule has 1 aromatic heterocycles. The Labute approximate surface area is 84.5 Å². The fraction of sp³-hybridized carbons (Fsp3) is 0.429. The van der Waals surface area contributed by atoms with E-state index in [1.54, 1.807) is 18.6 Å². The summed E-state index contributed by atoms with van der Waals surface area (Å²) in [5, 5.41) is -0.652. The standard InChI is InChI=1S/C7H10N2O2S2/c1-2-11-7(10)6(8)13-5-3-9-4-12-5/h3-4,6H,2,8H2,1H3. The number of nitrogens with two attached hydrogens (primary N) is 1. The molecule has 0 saturated carbocycles. The maximum atomic E-state index is 11.1. The molecule has 0 bridgehead atoms. The van der Waals surface area contributed by atoms with Crippen molar-refractivity contribution in [2.45, 2.75) is 16.5 Å². The Morgan fingerprint density at radius 2 is 2.69 bits per heavy atom. The molecule has 0 fully saturated rings. The molecule has 1 heterocycles. The summed E-state index contributed by atoms with van der Waals surface area (Å²) in [7, 11) is 0. The van der Waals surface area contributed by atoms with Gasteiger partial charge in [-0.2, -0.15) is 0 Å². The van der Waals surface area contributed by atoms with Crippen molar-refractivity contribution in [2.24, 2.45) is 5.73 Å². The van der Waals surface area contributed by atoms with E-state index < -0.39 is 5.37 Å². The molecule has 0 radical (unpaired) electrons. The number of thioether (sulfide) groups is 1. The Hall–Kier alpha value is -0.590. The number of hydrogen-bond donors (Lipinski definition) is 1. The third-order valence-corrected chi connectivity index (χ3v) is 3.10. The van der Waals surface area contributed by atoms with Gasteiger partial charge in [0.25, 0.3) is 0 Å². The van der Waals surface area contributed by atoms with Crippen LogP contribution in [-0.4, -0.2) is 22.9 Å². The second-order valence-electron chi connectivity index (χ2n) is 2.11. The smallest absolute Gasteiger partial charge is 0.333 e. The van der Waals surface area contributed by atoms with E-state index in [9.17, 15) is 4.79 Å². The van der Waals surface area contributed by atoms with Crippen LogP contribution >= 0.6 is 23.1 Å². The van der Waals surface area contributed by atoms with Crippen molar-refractivity contribution in [3.63, 3.8) is 0 Å². The first kappa shape index (κ1) is 10.5. The SMILES string of the molecule is CCOC(=O)C(N)Sc1cncs1. The van der Waals surface area contributed by atoms with Crippen LogP contribution in [0, 0.1) is 0 Å². The van der Waals surface area contributed by atoms with Gasteiger partial charge in [0.1, 0.15) is 0 Å². The lowest BCUT2D eigenvalue weighted by Crippen LogP contribution is -2.28. The molecule has 0 amide bonds. The van der Waals surface area contributed by atoms with Crippen molar-refractivity contribution in [3.8, 4) is 0 Å². The summed E-state index contributed by atoms with van der Waals surface area (Å²) in [5.41, 5.74) is 7.26. The number of hydrogen-bond acceptors (Lipinski definition) is 6. The monoisotopic (exact) mass is 218 g/mol. The average Bonchev–Trinajstić information content (AvgIpc) is 2.57. The van der Waals surface area contributed by atoms with Gasteiger partial charge in [-0.1, -0.05) is 11.8 Å². The van der Waals surface area contributed by atoms with Gasteiger partial charge in [-0.3, -0.25) is 4.98 Å². The van der Waals surface area contributed by atoms with Crippen LogP contribution in [0.4, 0.5) is 0 Å². The fourth-order valence-electron chi connectivity index (χ4n) is 0.660. The number of carbonyl (C=O) groups excluding carboxylic acids is 1. The van der Waals surface area contributed by atoms with Crippen LogP contribution in [0.15, 0.2) is 15.9 Å². The number of nitrogens with zero attached hydrogens (tertiary/aromatic N) is 1. The second kappa shape index (κ2) is 5.21. The van der Waals surface area contributed by atoms with Crippen LogP contribution in [0.3, 0.4) is 0 Å². The van der Waals surface area contributed by atoms with E-state index in [0.29, 0.717) is 6.61 Å². The summed E-state index contributed by atoms with van der Waals surface area (Å²) in [4.78, 5) is 15.0.